The summed E-state index contributed by atoms with van der Waals surface area (Å²) in [4.78, 5) is 43.2. The molecule has 0 radical (unpaired) electrons. The summed E-state index contributed by atoms with van der Waals surface area (Å²) in [6.07, 6.45) is 1.35. The zero-order valence-corrected chi connectivity index (χ0v) is 17.6. The number of Topliss-reactive ketones (excluding diaryl/α,β-unsaturated/α-hetero) is 1. The van der Waals surface area contributed by atoms with Crippen LogP contribution >= 0.6 is 11.6 Å². The molecule has 1 atom stereocenters. The molecule has 0 aliphatic carbocycles. The molecular weight excluding hydrogens is 414 g/mol. The Kier molecular flexibility index (Phi) is 6.18. The molecule has 0 unspecified atom stereocenters. The number of para-hydroxylation sites is 1. The average molecular weight is 436 g/mol. The highest BCUT2D eigenvalue weighted by Gasteiger charge is 2.35. The number of piperazine rings is 1. The highest BCUT2D eigenvalue weighted by molar-refractivity contribution is 6.30. The molecule has 0 N–H and O–H groups in total. The molecule has 0 spiro atoms. The largest absolute Gasteiger partial charge is 0.368 e. The van der Waals surface area contributed by atoms with Crippen LogP contribution in [0.1, 0.15) is 16.4 Å². The number of halogens is 1. The molecule has 1 saturated heterocycles. The molecule has 1 amide bonds. The van der Waals surface area contributed by atoms with Crippen molar-refractivity contribution in [2.75, 3.05) is 31.1 Å². The molecule has 2 aromatic carbocycles. The first-order valence-corrected chi connectivity index (χ1v) is 10.5. The molecule has 6 nitrogen and oxygen atoms in total. The molecule has 3 aromatic rings. The zero-order chi connectivity index (χ0) is 21.8. The number of pyridine rings is 1. The van der Waals surface area contributed by atoms with Crippen molar-refractivity contribution in [1.29, 1.82) is 0 Å². The Morgan fingerprint density at radius 2 is 1.42 bits per heavy atom. The van der Waals surface area contributed by atoms with E-state index < -0.39 is 23.3 Å². The first-order chi connectivity index (χ1) is 15.0. The smallest absolute Gasteiger partial charge is 0.253 e. The summed E-state index contributed by atoms with van der Waals surface area (Å²) in [6, 6.07) is 20.0. The normalized spacial score (nSPS) is 14.9. The van der Waals surface area contributed by atoms with Crippen LogP contribution in [0.3, 0.4) is 0 Å². The van der Waals surface area contributed by atoms with E-state index >= 15 is 0 Å². The molecular formula is C24H22ClN3O3. The summed E-state index contributed by atoms with van der Waals surface area (Å²) >= 11 is 6.09. The molecule has 0 bridgehead atoms. The maximum Gasteiger partial charge on any atom is 0.253 e. The average Bonchev–Trinajstić information content (AvgIpc) is 2.82. The van der Waals surface area contributed by atoms with Crippen LogP contribution in [0.2, 0.25) is 5.02 Å². The first kappa shape index (κ1) is 20.9. The Morgan fingerprint density at radius 3 is 2.06 bits per heavy atom. The van der Waals surface area contributed by atoms with Gasteiger partial charge in [-0.05, 0) is 18.2 Å². The van der Waals surface area contributed by atoms with Crippen LogP contribution in [-0.4, -0.2) is 47.3 Å². The van der Waals surface area contributed by atoms with Gasteiger partial charge in [0.2, 0.25) is 0 Å². The topological polar surface area (TPSA) is 62.6 Å². The summed E-state index contributed by atoms with van der Waals surface area (Å²) < 4.78 is 1.14. The van der Waals surface area contributed by atoms with E-state index in [0.29, 0.717) is 31.7 Å². The van der Waals surface area contributed by atoms with Gasteiger partial charge < -0.3 is 9.80 Å². The van der Waals surface area contributed by atoms with E-state index in [1.807, 2.05) is 30.3 Å². The number of rotatable bonds is 5. The second-order valence-electron chi connectivity index (χ2n) is 7.37. The molecule has 1 aliphatic heterocycles. The Bertz CT molecular complexity index is 1120. The predicted molar refractivity (Wildman–Crippen MR) is 121 cm³/mol. The van der Waals surface area contributed by atoms with Crippen molar-refractivity contribution in [3.05, 3.63) is 99.9 Å². The number of ketones is 1. The van der Waals surface area contributed by atoms with E-state index in [1.54, 1.807) is 35.2 Å². The van der Waals surface area contributed by atoms with Gasteiger partial charge in [0.25, 0.3) is 11.5 Å². The predicted octanol–water partition coefficient (Wildman–Crippen LogP) is 3.27. The number of carbonyl (C=O) groups excluding carboxylic acids is 2. The van der Waals surface area contributed by atoms with Crippen LogP contribution in [0, 0.1) is 0 Å². The third-order valence-electron chi connectivity index (χ3n) is 5.43. The fourth-order valence-corrected chi connectivity index (χ4v) is 3.96. The van der Waals surface area contributed by atoms with Crippen LogP contribution in [0.4, 0.5) is 5.69 Å². The molecule has 7 heteroatoms. The number of nitrogens with zero attached hydrogens (tertiary/aromatic N) is 3. The number of benzene rings is 2. The van der Waals surface area contributed by atoms with E-state index in [0.717, 1.165) is 10.3 Å². The van der Waals surface area contributed by atoms with E-state index in [-0.39, 0.29) is 5.02 Å². The summed E-state index contributed by atoms with van der Waals surface area (Å²) in [6.45, 7) is 2.21. The van der Waals surface area contributed by atoms with Crippen molar-refractivity contribution >= 4 is 29.0 Å². The molecule has 31 heavy (non-hydrogen) atoms. The quantitative estimate of drug-likeness (QED) is 0.456. The van der Waals surface area contributed by atoms with Gasteiger partial charge in [0.15, 0.2) is 11.8 Å². The van der Waals surface area contributed by atoms with Gasteiger partial charge in [-0.15, -0.1) is 0 Å². The second-order valence-corrected chi connectivity index (χ2v) is 7.81. The van der Waals surface area contributed by atoms with Crippen molar-refractivity contribution in [3.8, 4) is 0 Å². The lowest BCUT2D eigenvalue weighted by atomic mass is 10.0. The fourth-order valence-electron chi connectivity index (χ4n) is 3.79. The molecule has 158 valence electrons. The summed E-state index contributed by atoms with van der Waals surface area (Å²) in [5.74, 6) is -0.827. The summed E-state index contributed by atoms with van der Waals surface area (Å²) in [5, 5.41) is 0.284. The molecule has 2 heterocycles. The third kappa shape index (κ3) is 4.54. The van der Waals surface area contributed by atoms with Crippen LogP contribution in [0.15, 0.2) is 83.8 Å². The Morgan fingerprint density at radius 1 is 0.806 bits per heavy atom. The maximum atomic E-state index is 13.5. The SMILES string of the molecule is O=C(c1ccccc1)[C@@H](C(=O)N1CCN(c2ccccc2)CC1)n1cc(Cl)ccc1=O. The Labute approximate surface area is 185 Å². The van der Waals surface area contributed by atoms with Crippen LogP contribution < -0.4 is 10.5 Å². The maximum absolute atomic E-state index is 13.5. The van der Waals surface area contributed by atoms with Gasteiger partial charge in [-0.3, -0.25) is 19.0 Å². The van der Waals surface area contributed by atoms with Gasteiger partial charge >= 0.3 is 0 Å². The summed E-state index contributed by atoms with van der Waals surface area (Å²) in [5.41, 5.74) is 1.02. The third-order valence-corrected chi connectivity index (χ3v) is 5.66. The van der Waals surface area contributed by atoms with Crippen LogP contribution in [0.5, 0.6) is 0 Å². The minimum atomic E-state index is -1.29. The minimum Gasteiger partial charge on any atom is -0.368 e. The van der Waals surface area contributed by atoms with Gasteiger partial charge in [-0.1, -0.05) is 60.1 Å². The van der Waals surface area contributed by atoms with Crippen molar-refractivity contribution in [3.63, 3.8) is 0 Å². The molecule has 1 fully saturated rings. The lowest BCUT2D eigenvalue weighted by Gasteiger charge is -2.37. The molecule has 4 rings (SSSR count). The van der Waals surface area contributed by atoms with Crippen molar-refractivity contribution in [1.82, 2.24) is 9.47 Å². The van der Waals surface area contributed by atoms with Gasteiger partial charge in [0.05, 0.1) is 5.02 Å². The number of anilines is 1. The minimum absolute atomic E-state index is 0.284. The van der Waals surface area contributed by atoms with Gasteiger partial charge in [-0.2, -0.15) is 0 Å². The molecule has 0 saturated carbocycles. The van der Waals surface area contributed by atoms with Gasteiger partial charge in [-0.25, -0.2) is 0 Å². The van der Waals surface area contributed by atoms with E-state index in [9.17, 15) is 14.4 Å². The number of aromatic nitrogens is 1. The standard InChI is InChI=1S/C24H22ClN3O3/c25-19-11-12-21(29)28(17-19)22(23(30)18-7-3-1-4-8-18)24(31)27-15-13-26(14-16-27)20-9-5-2-6-10-20/h1-12,17,22H,13-16H2/t22-/m0/s1. The highest BCUT2D eigenvalue weighted by Crippen LogP contribution is 2.21. The van der Waals surface area contributed by atoms with E-state index in [1.165, 1.54) is 18.3 Å². The van der Waals surface area contributed by atoms with Crippen molar-refractivity contribution < 1.29 is 9.59 Å². The summed E-state index contributed by atoms with van der Waals surface area (Å²) in [7, 11) is 0. The zero-order valence-electron chi connectivity index (χ0n) is 16.9. The monoisotopic (exact) mass is 435 g/mol. The van der Waals surface area contributed by atoms with E-state index in [4.69, 9.17) is 11.6 Å². The lowest BCUT2D eigenvalue weighted by molar-refractivity contribution is -0.133. The Balaban J connectivity index is 1.61. The second kappa shape index (κ2) is 9.18. The van der Waals surface area contributed by atoms with Crippen LogP contribution in [-0.2, 0) is 4.79 Å². The lowest BCUT2D eigenvalue weighted by Crippen LogP contribution is -2.52. The highest BCUT2D eigenvalue weighted by atomic mass is 35.5. The molecule has 1 aromatic heterocycles. The fraction of sp³-hybridized carbons (Fsp3) is 0.208. The first-order valence-electron chi connectivity index (χ1n) is 10.1. The number of carbonyl (C=O) groups is 2. The van der Waals surface area contributed by atoms with E-state index in [2.05, 4.69) is 4.90 Å². The van der Waals surface area contributed by atoms with Gasteiger partial charge in [0, 0.05) is 49.7 Å². The number of amides is 1. The van der Waals surface area contributed by atoms with Crippen molar-refractivity contribution in [2.24, 2.45) is 0 Å². The number of hydrogen-bond donors (Lipinski definition) is 0. The van der Waals surface area contributed by atoms with Crippen LogP contribution in [0.25, 0.3) is 0 Å². The number of hydrogen-bond acceptors (Lipinski definition) is 4. The van der Waals surface area contributed by atoms with Gasteiger partial charge in [0.1, 0.15) is 0 Å². The Hall–Kier alpha value is -3.38. The molecule has 1 aliphatic rings. The van der Waals surface area contributed by atoms with Crippen molar-refractivity contribution in [2.45, 2.75) is 6.04 Å².